The molecule has 0 saturated heterocycles. The molecular formula is C92H177NO8. The highest BCUT2D eigenvalue weighted by molar-refractivity contribution is 5.70. The third kappa shape index (κ3) is 84.9. The van der Waals surface area contributed by atoms with Gasteiger partial charge in [0.05, 0.1) is 40.3 Å². The second-order valence-electron chi connectivity index (χ2n) is 32.6. The average Bonchev–Trinajstić information content (AvgIpc) is 1.25. The van der Waals surface area contributed by atoms with Gasteiger partial charge in [0, 0.05) is 12.8 Å². The highest BCUT2D eigenvalue weighted by atomic mass is 16.7. The quantitative estimate of drug-likeness (QED) is 0.0195. The first-order chi connectivity index (χ1) is 49.6. The third-order valence-corrected chi connectivity index (χ3v) is 21.2. The molecule has 0 saturated carbocycles. The van der Waals surface area contributed by atoms with Crippen LogP contribution in [-0.4, -0.2) is 82.3 Å². The standard InChI is InChI=1S/C92H177NO8/c1-6-8-10-12-14-16-18-20-22-24-26-28-30-32-34-36-38-40-42-44-45-47-48-50-52-54-56-58-60-62-64-66-68-70-72-74-76-78-80-82-89(94)99-86-88(87-100-92(91(96)97)98-85-84-93(3,4)5)101-90(95)83-81-79-77-75-73-71-69-67-65-63-61-59-57-55-53-51-49-46-43-41-39-37-35-33-31-29-27-25-23-21-19-17-15-13-11-9-7-2/h19,21,25,27,88,92H,6-18,20,22-24,26,28-87H2,1-5H3/b21-19-,27-25-. The van der Waals surface area contributed by atoms with E-state index >= 15 is 0 Å². The van der Waals surface area contributed by atoms with E-state index in [9.17, 15) is 19.5 Å². The molecule has 0 aromatic heterocycles. The Labute approximate surface area is 630 Å². The number of likely N-dealkylation sites (N-methyl/N-ethyl adjacent to an activating group) is 1. The van der Waals surface area contributed by atoms with Crippen LogP contribution in [0.25, 0.3) is 0 Å². The third-order valence-electron chi connectivity index (χ3n) is 21.2. The minimum Gasteiger partial charge on any atom is -0.545 e. The van der Waals surface area contributed by atoms with Crippen LogP contribution in [0.3, 0.4) is 0 Å². The van der Waals surface area contributed by atoms with Crippen molar-refractivity contribution in [2.45, 2.75) is 501 Å². The lowest BCUT2D eigenvalue weighted by Gasteiger charge is -2.26. The van der Waals surface area contributed by atoms with Gasteiger partial charge in [-0.15, -0.1) is 0 Å². The Bertz CT molecular complexity index is 1710. The first-order valence-electron chi connectivity index (χ1n) is 45.5. The maximum Gasteiger partial charge on any atom is 0.306 e. The number of hydrogen-bond donors (Lipinski definition) is 0. The Balaban J connectivity index is 3.88. The fourth-order valence-electron chi connectivity index (χ4n) is 14.3. The number of nitrogens with zero attached hydrogens (tertiary/aromatic N) is 1. The van der Waals surface area contributed by atoms with E-state index in [1.165, 1.54) is 417 Å². The molecule has 101 heavy (non-hydrogen) atoms. The summed E-state index contributed by atoms with van der Waals surface area (Å²) in [6.07, 6.45) is 105. The maximum atomic E-state index is 13.0. The number of rotatable bonds is 87. The number of carboxylic acids is 1. The minimum atomic E-state index is -1.62. The molecule has 598 valence electrons. The summed E-state index contributed by atoms with van der Waals surface area (Å²) >= 11 is 0. The Morgan fingerprint density at radius 1 is 0.297 bits per heavy atom. The van der Waals surface area contributed by atoms with Crippen LogP contribution in [0.5, 0.6) is 0 Å². The van der Waals surface area contributed by atoms with Crippen molar-refractivity contribution in [2.24, 2.45) is 0 Å². The number of hydrogen-bond acceptors (Lipinski definition) is 8. The number of esters is 2. The zero-order valence-electron chi connectivity index (χ0n) is 68.8. The molecule has 0 radical (unpaired) electrons. The number of quaternary nitrogens is 1. The molecule has 2 atom stereocenters. The molecule has 0 aliphatic heterocycles. The van der Waals surface area contributed by atoms with Crippen molar-refractivity contribution in [1.29, 1.82) is 0 Å². The van der Waals surface area contributed by atoms with Crippen molar-refractivity contribution >= 4 is 17.9 Å². The van der Waals surface area contributed by atoms with Crippen LogP contribution in [0.15, 0.2) is 24.3 Å². The van der Waals surface area contributed by atoms with E-state index in [2.05, 4.69) is 38.2 Å². The normalized spacial score (nSPS) is 12.6. The maximum absolute atomic E-state index is 13.0. The summed E-state index contributed by atoms with van der Waals surface area (Å²) < 4.78 is 22.9. The number of carbonyl (C=O) groups is 3. The molecule has 0 aromatic carbocycles. The Morgan fingerprint density at radius 3 is 0.782 bits per heavy atom. The van der Waals surface area contributed by atoms with Crippen molar-refractivity contribution in [3.63, 3.8) is 0 Å². The van der Waals surface area contributed by atoms with E-state index in [0.29, 0.717) is 17.4 Å². The van der Waals surface area contributed by atoms with Crippen molar-refractivity contribution < 1.29 is 42.9 Å². The minimum absolute atomic E-state index is 0.153. The van der Waals surface area contributed by atoms with E-state index in [-0.39, 0.29) is 32.2 Å². The second-order valence-corrected chi connectivity index (χ2v) is 32.6. The van der Waals surface area contributed by atoms with Crippen LogP contribution in [0.2, 0.25) is 0 Å². The molecule has 0 aromatic rings. The van der Waals surface area contributed by atoms with Crippen molar-refractivity contribution in [3.05, 3.63) is 24.3 Å². The smallest absolute Gasteiger partial charge is 0.306 e. The molecule has 0 aliphatic carbocycles. The van der Waals surface area contributed by atoms with Crippen LogP contribution in [0.1, 0.15) is 489 Å². The molecule has 0 amide bonds. The van der Waals surface area contributed by atoms with E-state index in [4.69, 9.17) is 18.9 Å². The summed E-state index contributed by atoms with van der Waals surface area (Å²) in [4.78, 5) is 37.7. The van der Waals surface area contributed by atoms with Gasteiger partial charge < -0.3 is 33.3 Å². The average molecular weight is 1430 g/mol. The molecule has 9 nitrogen and oxygen atoms in total. The fourth-order valence-corrected chi connectivity index (χ4v) is 14.3. The zero-order valence-corrected chi connectivity index (χ0v) is 68.8. The first-order valence-corrected chi connectivity index (χ1v) is 45.5. The van der Waals surface area contributed by atoms with E-state index < -0.39 is 24.3 Å². The largest absolute Gasteiger partial charge is 0.545 e. The lowest BCUT2D eigenvalue weighted by atomic mass is 10.0. The van der Waals surface area contributed by atoms with Gasteiger partial charge in [-0.3, -0.25) is 9.59 Å². The number of aliphatic carboxylic acids is 1. The summed E-state index contributed by atoms with van der Waals surface area (Å²) in [5, 5.41) is 11.9. The van der Waals surface area contributed by atoms with Gasteiger partial charge in [0.2, 0.25) is 0 Å². The number of allylic oxidation sites excluding steroid dienone is 4. The first kappa shape index (κ1) is 98.8. The van der Waals surface area contributed by atoms with E-state index in [1.54, 1.807) is 0 Å². The van der Waals surface area contributed by atoms with Crippen LogP contribution < -0.4 is 5.11 Å². The summed E-state index contributed by atoms with van der Waals surface area (Å²) in [5.74, 6) is -2.24. The number of carbonyl (C=O) groups excluding carboxylic acids is 3. The monoisotopic (exact) mass is 1420 g/mol. The molecule has 0 bridgehead atoms. The summed E-state index contributed by atoms with van der Waals surface area (Å²) in [5.41, 5.74) is 0. The van der Waals surface area contributed by atoms with Crippen LogP contribution >= 0.6 is 0 Å². The van der Waals surface area contributed by atoms with Gasteiger partial charge in [-0.05, 0) is 44.9 Å². The number of carboxylic acid groups (broad SMARTS) is 1. The van der Waals surface area contributed by atoms with Gasteiger partial charge in [-0.1, -0.05) is 456 Å². The topological polar surface area (TPSA) is 111 Å². The molecule has 0 N–H and O–H groups in total. The van der Waals surface area contributed by atoms with Gasteiger partial charge in [0.25, 0.3) is 0 Å². The van der Waals surface area contributed by atoms with Crippen molar-refractivity contribution in [2.75, 3.05) is 47.5 Å². The summed E-state index contributed by atoms with van der Waals surface area (Å²) in [7, 11) is 5.96. The zero-order chi connectivity index (χ0) is 73.2. The van der Waals surface area contributed by atoms with Gasteiger partial charge >= 0.3 is 11.9 Å². The molecule has 0 rings (SSSR count). The van der Waals surface area contributed by atoms with Gasteiger partial charge in [0.15, 0.2) is 12.4 Å². The highest BCUT2D eigenvalue weighted by Crippen LogP contribution is 2.21. The molecule has 0 fully saturated rings. The molecule has 9 heteroatoms. The number of ether oxygens (including phenoxy) is 4. The lowest BCUT2D eigenvalue weighted by molar-refractivity contribution is -0.870. The predicted molar refractivity (Wildman–Crippen MR) is 436 cm³/mol. The highest BCUT2D eigenvalue weighted by Gasteiger charge is 2.22. The van der Waals surface area contributed by atoms with Crippen LogP contribution in [0, 0.1) is 0 Å². The molecule has 0 spiro atoms. The molecule has 2 unspecified atom stereocenters. The van der Waals surface area contributed by atoms with Gasteiger partial charge in [-0.2, -0.15) is 0 Å². The van der Waals surface area contributed by atoms with E-state index in [1.807, 2.05) is 21.1 Å². The van der Waals surface area contributed by atoms with E-state index in [0.717, 1.165) is 44.9 Å². The van der Waals surface area contributed by atoms with Crippen molar-refractivity contribution in [3.8, 4) is 0 Å². The summed E-state index contributed by atoms with van der Waals surface area (Å²) in [6.45, 7) is 4.84. The summed E-state index contributed by atoms with van der Waals surface area (Å²) in [6, 6.07) is 0. The van der Waals surface area contributed by atoms with Gasteiger partial charge in [0.1, 0.15) is 13.2 Å². The predicted octanol–water partition coefficient (Wildman–Crippen LogP) is 28.3. The lowest BCUT2D eigenvalue weighted by Crippen LogP contribution is -2.44. The van der Waals surface area contributed by atoms with Crippen molar-refractivity contribution in [1.82, 2.24) is 0 Å². The molecule has 0 aliphatic rings. The second kappa shape index (κ2) is 83.4. The Morgan fingerprint density at radius 2 is 0.535 bits per heavy atom. The molecular weight excluding hydrogens is 1250 g/mol. The van der Waals surface area contributed by atoms with Gasteiger partial charge in [-0.25, -0.2) is 0 Å². The number of unbranched alkanes of at least 4 members (excludes halogenated alkanes) is 68. The fraction of sp³-hybridized carbons (Fsp3) is 0.924. The molecule has 0 heterocycles. The van der Waals surface area contributed by atoms with Crippen LogP contribution in [-0.2, 0) is 33.3 Å². The SMILES string of the molecule is CCCCCCC/C=C\C/C=C\CCCCCCCCCCCCCCCCCCCCCCCCCCCC(=O)OC(COC(=O)CCCCCCCCCCCCCCCCCCCCCCCCCCCCCCCCCCCCCCCCC)COC(OCC[N+](C)(C)C)C(=O)[O-]. The Kier molecular flexibility index (Phi) is 81.6. The van der Waals surface area contributed by atoms with Crippen LogP contribution in [0.4, 0.5) is 0 Å². The Hall–Kier alpha value is -2.23.